The average Bonchev–Trinajstić information content (AvgIpc) is 3.33. The van der Waals surface area contributed by atoms with Gasteiger partial charge in [-0.2, -0.15) is 5.10 Å². The summed E-state index contributed by atoms with van der Waals surface area (Å²) >= 11 is 0. The highest BCUT2D eigenvalue weighted by atomic mass is 16.5. The molecule has 4 aromatic rings. The summed E-state index contributed by atoms with van der Waals surface area (Å²) in [6, 6.07) is 23.6. The number of hydrazine groups is 1. The van der Waals surface area contributed by atoms with Crippen LogP contribution in [0.5, 0.6) is 11.5 Å². The van der Waals surface area contributed by atoms with Crippen molar-refractivity contribution < 1.29 is 19.1 Å². The molecular formula is C25H22N4O4. The van der Waals surface area contributed by atoms with Gasteiger partial charge < -0.3 is 9.47 Å². The Labute approximate surface area is 190 Å². The van der Waals surface area contributed by atoms with Crippen molar-refractivity contribution in [3.05, 3.63) is 96.2 Å². The van der Waals surface area contributed by atoms with Crippen LogP contribution in [0.25, 0.3) is 16.9 Å². The second-order valence-electron chi connectivity index (χ2n) is 7.01. The molecule has 3 aromatic carbocycles. The van der Waals surface area contributed by atoms with Gasteiger partial charge in [-0.05, 0) is 24.3 Å². The molecule has 0 atom stereocenters. The lowest BCUT2D eigenvalue weighted by Crippen LogP contribution is -2.41. The Morgan fingerprint density at radius 1 is 0.788 bits per heavy atom. The summed E-state index contributed by atoms with van der Waals surface area (Å²) in [5.41, 5.74) is 7.56. The number of amides is 2. The van der Waals surface area contributed by atoms with E-state index in [1.165, 1.54) is 14.2 Å². The van der Waals surface area contributed by atoms with Gasteiger partial charge >= 0.3 is 0 Å². The molecule has 4 rings (SSSR count). The number of hydrogen-bond acceptors (Lipinski definition) is 5. The maximum absolute atomic E-state index is 13.0. The average molecular weight is 442 g/mol. The first-order valence-electron chi connectivity index (χ1n) is 10.1. The van der Waals surface area contributed by atoms with Crippen LogP contribution in [0, 0.1) is 0 Å². The van der Waals surface area contributed by atoms with E-state index in [2.05, 4.69) is 16.0 Å². The molecule has 8 heteroatoms. The third-order valence-corrected chi connectivity index (χ3v) is 4.97. The van der Waals surface area contributed by atoms with Crippen LogP contribution in [0.2, 0.25) is 0 Å². The SMILES string of the molecule is COc1ccc(C(=O)NNC(=O)c2cn(-c3ccccc3)nc2-c2ccccc2)c(OC)c1. The Balaban J connectivity index is 1.59. The Hall–Kier alpha value is -4.59. The number of rotatable bonds is 6. The summed E-state index contributed by atoms with van der Waals surface area (Å²) in [6.07, 6.45) is 1.63. The summed E-state index contributed by atoms with van der Waals surface area (Å²) < 4.78 is 12.0. The third kappa shape index (κ3) is 4.69. The highest BCUT2D eigenvalue weighted by Gasteiger charge is 2.20. The van der Waals surface area contributed by atoms with Gasteiger partial charge in [0.05, 0.1) is 31.0 Å². The molecule has 0 bridgehead atoms. The Kier molecular flexibility index (Phi) is 6.36. The van der Waals surface area contributed by atoms with Crippen molar-refractivity contribution in [1.29, 1.82) is 0 Å². The highest BCUT2D eigenvalue weighted by molar-refractivity contribution is 6.03. The molecule has 0 aliphatic rings. The number of methoxy groups -OCH3 is 2. The maximum Gasteiger partial charge on any atom is 0.273 e. The van der Waals surface area contributed by atoms with Crippen LogP contribution < -0.4 is 20.3 Å². The fraction of sp³-hybridized carbons (Fsp3) is 0.0800. The van der Waals surface area contributed by atoms with E-state index in [4.69, 9.17) is 9.47 Å². The van der Waals surface area contributed by atoms with Crippen molar-refractivity contribution in [1.82, 2.24) is 20.6 Å². The minimum atomic E-state index is -0.528. The second-order valence-corrected chi connectivity index (χ2v) is 7.01. The van der Waals surface area contributed by atoms with Gasteiger partial charge in [-0.3, -0.25) is 20.4 Å². The predicted molar refractivity (Wildman–Crippen MR) is 123 cm³/mol. The maximum atomic E-state index is 13.0. The molecule has 0 radical (unpaired) electrons. The third-order valence-electron chi connectivity index (χ3n) is 4.97. The van der Waals surface area contributed by atoms with Crippen molar-refractivity contribution in [3.8, 4) is 28.4 Å². The minimum Gasteiger partial charge on any atom is -0.497 e. The van der Waals surface area contributed by atoms with Gasteiger partial charge in [0.2, 0.25) is 0 Å². The minimum absolute atomic E-state index is 0.252. The van der Waals surface area contributed by atoms with Crippen molar-refractivity contribution in [3.63, 3.8) is 0 Å². The van der Waals surface area contributed by atoms with Gasteiger partial charge in [-0.15, -0.1) is 0 Å². The van der Waals surface area contributed by atoms with Gasteiger partial charge in [-0.1, -0.05) is 48.5 Å². The number of carbonyl (C=O) groups excluding carboxylic acids is 2. The molecule has 1 heterocycles. The second kappa shape index (κ2) is 9.69. The molecular weight excluding hydrogens is 420 g/mol. The number of aromatic nitrogens is 2. The fourth-order valence-electron chi connectivity index (χ4n) is 3.30. The molecule has 0 saturated carbocycles. The summed E-state index contributed by atoms with van der Waals surface area (Å²) in [5, 5.41) is 4.61. The molecule has 33 heavy (non-hydrogen) atoms. The van der Waals surface area contributed by atoms with E-state index in [9.17, 15) is 9.59 Å². The van der Waals surface area contributed by atoms with Crippen LogP contribution in [0.3, 0.4) is 0 Å². The summed E-state index contributed by atoms with van der Waals surface area (Å²) in [5.74, 6) is -0.160. The zero-order chi connectivity index (χ0) is 23.2. The van der Waals surface area contributed by atoms with E-state index < -0.39 is 11.8 Å². The van der Waals surface area contributed by atoms with E-state index in [1.54, 1.807) is 29.1 Å². The smallest absolute Gasteiger partial charge is 0.273 e. The number of benzene rings is 3. The van der Waals surface area contributed by atoms with Crippen molar-refractivity contribution in [2.45, 2.75) is 0 Å². The van der Waals surface area contributed by atoms with E-state index in [0.717, 1.165) is 11.3 Å². The predicted octanol–water partition coefficient (Wildman–Crippen LogP) is 3.63. The van der Waals surface area contributed by atoms with Gasteiger partial charge in [0, 0.05) is 17.8 Å². The van der Waals surface area contributed by atoms with Crippen LogP contribution >= 0.6 is 0 Å². The Morgan fingerprint density at radius 2 is 1.42 bits per heavy atom. The molecule has 0 aliphatic heterocycles. The van der Waals surface area contributed by atoms with Gasteiger partial charge in [0.1, 0.15) is 17.2 Å². The molecule has 2 amide bonds. The normalized spacial score (nSPS) is 10.4. The first-order valence-corrected chi connectivity index (χ1v) is 10.1. The van der Waals surface area contributed by atoms with E-state index in [1.807, 2.05) is 60.7 Å². The van der Waals surface area contributed by atoms with Crippen LogP contribution in [-0.4, -0.2) is 35.8 Å². The van der Waals surface area contributed by atoms with Crippen molar-refractivity contribution in [2.75, 3.05) is 14.2 Å². The number of para-hydroxylation sites is 1. The monoisotopic (exact) mass is 442 g/mol. The standard InChI is InChI=1S/C25H22N4O4/c1-32-19-13-14-20(22(15-19)33-2)24(30)26-27-25(31)21-16-29(18-11-7-4-8-12-18)28-23(21)17-9-5-3-6-10-17/h3-16H,1-2H3,(H,26,30)(H,27,31). The largest absolute Gasteiger partial charge is 0.497 e. The number of nitrogens with zero attached hydrogens (tertiary/aromatic N) is 2. The zero-order valence-electron chi connectivity index (χ0n) is 18.1. The van der Waals surface area contributed by atoms with Gasteiger partial charge in [0.25, 0.3) is 11.8 Å². The van der Waals surface area contributed by atoms with Gasteiger partial charge in [0.15, 0.2) is 0 Å². The molecule has 0 fully saturated rings. The quantitative estimate of drug-likeness (QED) is 0.445. The Bertz CT molecular complexity index is 1270. The van der Waals surface area contributed by atoms with Crippen LogP contribution in [0.1, 0.15) is 20.7 Å². The van der Waals surface area contributed by atoms with Crippen LogP contribution in [-0.2, 0) is 0 Å². The number of carbonyl (C=O) groups is 2. The molecule has 8 nitrogen and oxygen atoms in total. The molecule has 0 saturated heterocycles. The van der Waals surface area contributed by atoms with E-state index >= 15 is 0 Å². The lowest BCUT2D eigenvalue weighted by Gasteiger charge is -2.11. The number of nitrogens with one attached hydrogen (secondary N) is 2. The fourth-order valence-corrected chi connectivity index (χ4v) is 3.30. The summed E-state index contributed by atoms with van der Waals surface area (Å²) in [7, 11) is 2.98. The summed E-state index contributed by atoms with van der Waals surface area (Å²) in [4.78, 5) is 25.7. The first kappa shape index (κ1) is 21.6. The Morgan fingerprint density at radius 3 is 2.06 bits per heavy atom. The van der Waals surface area contributed by atoms with E-state index in [-0.39, 0.29) is 5.56 Å². The zero-order valence-corrected chi connectivity index (χ0v) is 18.1. The number of ether oxygens (including phenoxy) is 2. The van der Waals surface area contributed by atoms with Crippen LogP contribution in [0.4, 0.5) is 0 Å². The number of hydrogen-bond donors (Lipinski definition) is 2. The highest BCUT2D eigenvalue weighted by Crippen LogP contribution is 2.25. The molecule has 166 valence electrons. The summed E-state index contributed by atoms with van der Waals surface area (Å²) in [6.45, 7) is 0. The lowest BCUT2D eigenvalue weighted by molar-refractivity contribution is 0.0845. The van der Waals surface area contributed by atoms with Crippen molar-refractivity contribution in [2.24, 2.45) is 0 Å². The topological polar surface area (TPSA) is 94.5 Å². The van der Waals surface area contributed by atoms with Gasteiger partial charge in [-0.25, -0.2) is 4.68 Å². The van der Waals surface area contributed by atoms with Crippen molar-refractivity contribution >= 4 is 11.8 Å². The van der Waals surface area contributed by atoms with Crippen LogP contribution in [0.15, 0.2) is 85.1 Å². The molecule has 0 unspecified atom stereocenters. The molecule has 1 aromatic heterocycles. The molecule has 0 spiro atoms. The molecule has 0 aliphatic carbocycles. The first-order chi connectivity index (χ1) is 16.1. The van der Waals surface area contributed by atoms with E-state index in [0.29, 0.717) is 22.8 Å². The molecule has 2 N–H and O–H groups in total. The lowest BCUT2D eigenvalue weighted by atomic mass is 10.1.